The highest BCUT2D eigenvalue weighted by atomic mass is 16.2. The fourth-order valence-corrected chi connectivity index (χ4v) is 2.66. The number of aromatic nitrogens is 2. The first kappa shape index (κ1) is 15.5. The highest BCUT2D eigenvalue weighted by Crippen LogP contribution is 2.17. The van der Waals surface area contributed by atoms with Gasteiger partial charge < -0.3 is 4.90 Å². The van der Waals surface area contributed by atoms with Crippen molar-refractivity contribution in [1.29, 1.82) is 5.26 Å². The minimum atomic E-state index is -0.475. The average Bonchev–Trinajstić information content (AvgIpc) is 2.87. The molecular weight excluding hydrogens is 266 g/mol. The summed E-state index contributed by atoms with van der Waals surface area (Å²) in [6, 6.07) is 4.16. The van der Waals surface area contributed by atoms with Crippen molar-refractivity contribution in [3.05, 3.63) is 17.5 Å². The largest absolute Gasteiger partial charge is 0.335 e. The molecule has 0 aliphatic carbocycles. The first-order valence-electron chi connectivity index (χ1n) is 7.39. The van der Waals surface area contributed by atoms with Gasteiger partial charge in [0.25, 0.3) is 5.91 Å². The van der Waals surface area contributed by atoms with E-state index in [1.165, 1.54) is 0 Å². The van der Waals surface area contributed by atoms with E-state index in [2.05, 4.69) is 16.1 Å². The first-order chi connectivity index (χ1) is 9.89. The quantitative estimate of drug-likeness (QED) is 0.840. The van der Waals surface area contributed by atoms with Crippen molar-refractivity contribution >= 4 is 5.91 Å². The molecule has 0 spiro atoms. The van der Waals surface area contributed by atoms with Gasteiger partial charge >= 0.3 is 0 Å². The van der Waals surface area contributed by atoms with E-state index in [-0.39, 0.29) is 5.91 Å². The second kappa shape index (κ2) is 5.86. The van der Waals surface area contributed by atoms with E-state index in [0.717, 1.165) is 18.8 Å². The van der Waals surface area contributed by atoms with Crippen LogP contribution in [0.4, 0.5) is 0 Å². The van der Waals surface area contributed by atoms with E-state index < -0.39 is 5.54 Å². The molecule has 0 N–H and O–H groups in total. The maximum Gasteiger partial charge on any atom is 0.272 e. The molecule has 6 heteroatoms. The van der Waals surface area contributed by atoms with E-state index in [1.54, 1.807) is 4.68 Å². The molecule has 1 aromatic heterocycles. The topological polar surface area (TPSA) is 65.2 Å². The van der Waals surface area contributed by atoms with Crippen LogP contribution in [-0.2, 0) is 6.54 Å². The fraction of sp³-hybridized carbons (Fsp3) is 0.667. The van der Waals surface area contributed by atoms with Gasteiger partial charge in [-0.1, -0.05) is 0 Å². The van der Waals surface area contributed by atoms with Gasteiger partial charge in [0, 0.05) is 32.7 Å². The van der Waals surface area contributed by atoms with Crippen LogP contribution < -0.4 is 0 Å². The lowest BCUT2D eigenvalue weighted by molar-refractivity contribution is 0.0510. The van der Waals surface area contributed by atoms with Crippen molar-refractivity contribution < 1.29 is 4.79 Å². The number of piperazine rings is 1. The van der Waals surface area contributed by atoms with Crippen LogP contribution in [0.25, 0.3) is 0 Å². The number of amides is 1. The molecule has 2 rings (SSSR count). The average molecular weight is 289 g/mol. The normalized spacial score (nSPS) is 16.8. The monoisotopic (exact) mass is 289 g/mol. The summed E-state index contributed by atoms with van der Waals surface area (Å²) in [5.74, 6) is 0.0341. The zero-order valence-corrected chi connectivity index (χ0v) is 13.3. The summed E-state index contributed by atoms with van der Waals surface area (Å²) < 4.78 is 1.75. The molecule has 114 valence electrons. The lowest BCUT2D eigenvalue weighted by Gasteiger charge is -2.40. The van der Waals surface area contributed by atoms with Crippen molar-refractivity contribution in [3.8, 4) is 6.07 Å². The standard InChI is InChI=1S/C15H23N5O/c1-5-20-13(10-12(2)17-20)14(21)18-6-8-19(9-7-18)15(3,4)11-16/h10H,5-9H2,1-4H3. The van der Waals surface area contributed by atoms with E-state index >= 15 is 0 Å². The third-order valence-electron chi connectivity index (χ3n) is 4.05. The Kier molecular flexibility index (Phi) is 4.33. The number of hydrogen-bond acceptors (Lipinski definition) is 4. The lowest BCUT2D eigenvalue weighted by atomic mass is 10.0. The summed E-state index contributed by atoms with van der Waals surface area (Å²) in [5, 5.41) is 13.5. The smallest absolute Gasteiger partial charge is 0.272 e. The first-order valence-corrected chi connectivity index (χ1v) is 7.39. The molecule has 6 nitrogen and oxygen atoms in total. The minimum Gasteiger partial charge on any atom is -0.335 e. The Labute approximate surface area is 125 Å². The third-order valence-corrected chi connectivity index (χ3v) is 4.05. The van der Waals surface area contributed by atoms with E-state index in [0.29, 0.717) is 25.3 Å². The molecule has 21 heavy (non-hydrogen) atoms. The van der Waals surface area contributed by atoms with Crippen LogP contribution in [0, 0.1) is 18.3 Å². The lowest BCUT2D eigenvalue weighted by Crippen LogP contribution is -2.55. The third kappa shape index (κ3) is 3.08. The fourth-order valence-electron chi connectivity index (χ4n) is 2.66. The van der Waals surface area contributed by atoms with Crippen molar-refractivity contribution in [2.75, 3.05) is 26.2 Å². The van der Waals surface area contributed by atoms with Gasteiger partial charge in [-0.15, -0.1) is 0 Å². The predicted octanol–water partition coefficient (Wildman–Crippen LogP) is 1.27. The Hall–Kier alpha value is -1.87. The molecule has 1 aromatic rings. The van der Waals surface area contributed by atoms with Gasteiger partial charge in [0.15, 0.2) is 0 Å². The van der Waals surface area contributed by atoms with Gasteiger partial charge in [-0.25, -0.2) is 0 Å². The van der Waals surface area contributed by atoms with Crippen LogP contribution in [0.5, 0.6) is 0 Å². The number of aryl methyl sites for hydroxylation is 2. The molecule has 0 saturated carbocycles. The predicted molar refractivity (Wildman–Crippen MR) is 79.8 cm³/mol. The highest BCUT2D eigenvalue weighted by Gasteiger charge is 2.32. The van der Waals surface area contributed by atoms with Crippen molar-refractivity contribution in [2.24, 2.45) is 0 Å². The zero-order valence-electron chi connectivity index (χ0n) is 13.3. The van der Waals surface area contributed by atoms with Crippen LogP contribution in [-0.4, -0.2) is 57.2 Å². The second-order valence-corrected chi connectivity index (χ2v) is 5.94. The minimum absolute atomic E-state index is 0.0341. The molecule has 0 unspecified atom stereocenters. The molecule has 1 aliphatic heterocycles. The maximum absolute atomic E-state index is 12.6. The van der Waals surface area contributed by atoms with Gasteiger partial charge in [0.1, 0.15) is 11.2 Å². The highest BCUT2D eigenvalue weighted by molar-refractivity contribution is 5.92. The summed E-state index contributed by atoms with van der Waals surface area (Å²) in [6.07, 6.45) is 0. The van der Waals surface area contributed by atoms with Crippen molar-refractivity contribution in [3.63, 3.8) is 0 Å². The number of carbonyl (C=O) groups excluding carboxylic acids is 1. The molecule has 1 amide bonds. The number of carbonyl (C=O) groups is 1. The molecular formula is C15H23N5O. The summed E-state index contributed by atoms with van der Waals surface area (Å²) in [5.41, 5.74) is 1.05. The Morgan fingerprint density at radius 1 is 1.38 bits per heavy atom. The SMILES string of the molecule is CCn1nc(C)cc1C(=O)N1CCN(C(C)(C)C#N)CC1. The van der Waals surface area contributed by atoms with E-state index in [9.17, 15) is 10.1 Å². The van der Waals surface area contributed by atoms with Gasteiger partial charge in [0.05, 0.1) is 11.8 Å². The number of hydrogen-bond donors (Lipinski definition) is 0. The zero-order chi connectivity index (χ0) is 15.6. The van der Waals surface area contributed by atoms with Crippen LogP contribution in [0.3, 0.4) is 0 Å². The Morgan fingerprint density at radius 3 is 2.52 bits per heavy atom. The summed E-state index contributed by atoms with van der Waals surface area (Å²) in [7, 11) is 0. The van der Waals surface area contributed by atoms with E-state index in [1.807, 2.05) is 38.7 Å². The molecule has 2 heterocycles. The molecule has 0 bridgehead atoms. The molecule has 1 aliphatic rings. The van der Waals surface area contributed by atoms with Crippen LogP contribution in [0.15, 0.2) is 6.07 Å². The molecule has 1 saturated heterocycles. The Balaban J connectivity index is 2.05. The van der Waals surface area contributed by atoms with Crippen LogP contribution in [0.2, 0.25) is 0 Å². The van der Waals surface area contributed by atoms with E-state index in [4.69, 9.17) is 0 Å². The van der Waals surface area contributed by atoms with Gasteiger partial charge in [-0.3, -0.25) is 14.4 Å². The molecule has 0 aromatic carbocycles. The van der Waals surface area contributed by atoms with Crippen molar-refractivity contribution in [1.82, 2.24) is 19.6 Å². The molecule has 0 atom stereocenters. The summed E-state index contributed by atoms with van der Waals surface area (Å²) in [6.45, 7) is 11.2. The molecule has 0 radical (unpaired) electrons. The Morgan fingerprint density at radius 2 is 2.00 bits per heavy atom. The van der Waals surface area contributed by atoms with Gasteiger partial charge in [-0.2, -0.15) is 10.4 Å². The number of nitriles is 1. The maximum atomic E-state index is 12.6. The number of nitrogens with zero attached hydrogens (tertiary/aromatic N) is 5. The summed E-state index contributed by atoms with van der Waals surface area (Å²) in [4.78, 5) is 16.6. The summed E-state index contributed by atoms with van der Waals surface area (Å²) >= 11 is 0. The number of rotatable bonds is 3. The van der Waals surface area contributed by atoms with Crippen LogP contribution in [0.1, 0.15) is 37.0 Å². The van der Waals surface area contributed by atoms with Crippen LogP contribution >= 0.6 is 0 Å². The van der Waals surface area contributed by atoms with Crippen molar-refractivity contribution in [2.45, 2.75) is 39.8 Å². The second-order valence-electron chi connectivity index (χ2n) is 5.94. The van der Waals surface area contributed by atoms with Gasteiger partial charge in [-0.05, 0) is 33.8 Å². The Bertz CT molecular complexity index is 561. The van der Waals surface area contributed by atoms with Gasteiger partial charge in [0.2, 0.25) is 0 Å². The molecule has 1 fully saturated rings.